The van der Waals surface area contributed by atoms with Gasteiger partial charge in [-0.2, -0.15) is 0 Å². The van der Waals surface area contributed by atoms with E-state index in [2.05, 4.69) is 15.5 Å². The maximum absolute atomic E-state index is 10.5. The third-order valence-corrected chi connectivity index (χ3v) is 3.86. The largest absolute Gasteiger partial charge is 0.505 e. The molecule has 2 N–H and O–H groups in total. The molecule has 24 heavy (non-hydrogen) atoms. The highest BCUT2D eigenvalue weighted by Crippen LogP contribution is 2.37. The molecular weight excluding hydrogens is 302 g/mol. The summed E-state index contributed by atoms with van der Waals surface area (Å²) in [6, 6.07) is 15.1. The van der Waals surface area contributed by atoms with Crippen LogP contribution in [0.2, 0.25) is 0 Å². The van der Waals surface area contributed by atoms with E-state index in [0.29, 0.717) is 17.1 Å². The Balaban J connectivity index is 2.01. The fraction of sp³-hybridized carbons (Fsp3) is 0.158. The SMILES string of the molecule is CNc1ccc2c(O)c(N=Nc3cc(C)ccc3OC)ccc2c1. The van der Waals surface area contributed by atoms with Crippen LogP contribution in [-0.4, -0.2) is 19.3 Å². The van der Waals surface area contributed by atoms with Crippen molar-refractivity contribution in [1.29, 1.82) is 0 Å². The molecule has 0 heterocycles. The van der Waals surface area contributed by atoms with Gasteiger partial charge in [0.05, 0.1) is 7.11 Å². The van der Waals surface area contributed by atoms with E-state index in [4.69, 9.17) is 4.74 Å². The van der Waals surface area contributed by atoms with Crippen LogP contribution in [0.25, 0.3) is 10.8 Å². The molecule has 0 aliphatic carbocycles. The monoisotopic (exact) mass is 321 g/mol. The number of fused-ring (bicyclic) bond motifs is 1. The number of methoxy groups -OCH3 is 1. The number of aryl methyl sites for hydroxylation is 1. The topological polar surface area (TPSA) is 66.2 Å². The van der Waals surface area contributed by atoms with E-state index in [1.165, 1.54) is 0 Å². The number of nitrogens with one attached hydrogen (secondary N) is 1. The van der Waals surface area contributed by atoms with Crippen molar-refractivity contribution in [2.75, 3.05) is 19.5 Å². The van der Waals surface area contributed by atoms with Crippen LogP contribution in [0.15, 0.2) is 58.8 Å². The molecule has 0 spiro atoms. The first-order chi connectivity index (χ1) is 11.6. The number of ether oxygens (including phenoxy) is 1. The number of azo groups is 1. The Morgan fingerprint density at radius 3 is 2.50 bits per heavy atom. The van der Waals surface area contributed by atoms with Crippen LogP contribution in [0.4, 0.5) is 17.1 Å². The lowest BCUT2D eigenvalue weighted by molar-refractivity contribution is 0.415. The van der Waals surface area contributed by atoms with Crippen LogP contribution in [0.3, 0.4) is 0 Å². The summed E-state index contributed by atoms with van der Waals surface area (Å²) in [5, 5.41) is 23.7. The molecule has 0 atom stereocenters. The van der Waals surface area contributed by atoms with Crippen molar-refractivity contribution >= 4 is 27.8 Å². The number of phenols is 1. The van der Waals surface area contributed by atoms with Gasteiger partial charge in [0.2, 0.25) is 0 Å². The summed E-state index contributed by atoms with van der Waals surface area (Å²) in [5.41, 5.74) is 3.10. The van der Waals surface area contributed by atoms with Crippen molar-refractivity contribution in [2.45, 2.75) is 6.92 Å². The van der Waals surface area contributed by atoms with Gasteiger partial charge in [-0.05, 0) is 54.3 Å². The van der Waals surface area contributed by atoms with E-state index in [0.717, 1.165) is 22.0 Å². The summed E-state index contributed by atoms with van der Waals surface area (Å²) >= 11 is 0. The molecule has 0 saturated heterocycles. The maximum atomic E-state index is 10.5. The molecule has 5 nitrogen and oxygen atoms in total. The minimum Gasteiger partial charge on any atom is -0.505 e. The molecular formula is C19H19N3O2. The summed E-state index contributed by atoms with van der Waals surface area (Å²) in [7, 11) is 3.45. The lowest BCUT2D eigenvalue weighted by atomic mass is 10.1. The van der Waals surface area contributed by atoms with Gasteiger partial charge in [0.25, 0.3) is 0 Å². The molecule has 5 heteroatoms. The molecule has 0 aromatic heterocycles. The number of benzene rings is 3. The van der Waals surface area contributed by atoms with Gasteiger partial charge in [-0.1, -0.05) is 12.1 Å². The second-order valence-corrected chi connectivity index (χ2v) is 5.49. The number of hydrogen-bond donors (Lipinski definition) is 2. The minimum atomic E-state index is 0.116. The van der Waals surface area contributed by atoms with Gasteiger partial charge in [0.1, 0.15) is 17.1 Å². The zero-order valence-electron chi connectivity index (χ0n) is 13.9. The second-order valence-electron chi connectivity index (χ2n) is 5.49. The predicted molar refractivity (Wildman–Crippen MR) is 97.1 cm³/mol. The van der Waals surface area contributed by atoms with Crippen LogP contribution in [0.1, 0.15) is 5.56 Å². The third-order valence-electron chi connectivity index (χ3n) is 3.86. The molecule has 0 aliphatic rings. The molecule has 3 aromatic rings. The third kappa shape index (κ3) is 3.01. The Labute approximate surface area is 140 Å². The van der Waals surface area contributed by atoms with Crippen LogP contribution in [0, 0.1) is 6.92 Å². The first-order valence-corrected chi connectivity index (χ1v) is 7.62. The normalized spacial score (nSPS) is 11.1. The zero-order valence-corrected chi connectivity index (χ0v) is 13.9. The Morgan fingerprint density at radius 2 is 1.75 bits per heavy atom. The van der Waals surface area contributed by atoms with Crippen molar-refractivity contribution in [3.8, 4) is 11.5 Å². The van der Waals surface area contributed by atoms with Gasteiger partial charge < -0.3 is 15.2 Å². The molecule has 0 aliphatic heterocycles. The van der Waals surface area contributed by atoms with E-state index >= 15 is 0 Å². The Kier molecular flexibility index (Phi) is 4.33. The van der Waals surface area contributed by atoms with Crippen molar-refractivity contribution in [1.82, 2.24) is 0 Å². The molecule has 0 fully saturated rings. The quantitative estimate of drug-likeness (QED) is 0.639. The summed E-state index contributed by atoms with van der Waals surface area (Å²) < 4.78 is 5.29. The standard InChI is InChI=1S/C19H19N3O2/c1-12-4-9-18(24-3)17(10-12)22-21-16-8-5-13-11-14(20-2)6-7-15(13)19(16)23/h4-11,20,23H,1-3H3. The average Bonchev–Trinajstić information content (AvgIpc) is 2.61. The van der Waals surface area contributed by atoms with Crippen molar-refractivity contribution < 1.29 is 9.84 Å². The van der Waals surface area contributed by atoms with Crippen LogP contribution < -0.4 is 10.1 Å². The van der Waals surface area contributed by atoms with Gasteiger partial charge in [0, 0.05) is 18.1 Å². The van der Waals surface area contributed by atoms with E-state index in [1.807, 2.05) is 56.4 Å². The number of rotatable bonds is 4. The fourth-order valence-electron chi connectivity index (χ4n) is 2.52. The number of hydrogen-bond acceptors (Lipinski definition) is 5. The van der Waals surface area contributed by atoms with E-state index in [1.54, 1.807) is 13.2 Å². The van der Waals surface area contributed by atoms with Crippen molar-refractivity contribution in [3.63, 3.8) is 0 Å². The summed E-state index contributed by atoms with van der Waals surface area (Å²) in [5.74, 6) is 0.758. The summed E-state index contributed by atoms with van der Waals surface area (Å²) in [6.07, 6.45) is 0. The van der Waals surface area contributed by atoms with Crippen molar-refractivity contribution in [3.05, 3.63) is 54.1 Å². The molecule has 0 saturated carbocycles. The van der Waals surface area contributed by atoms with Gasteiger partial charge in [-0.3, -0.25) is 0 Å². The number of aromatic hydroxyl groups is 1. The molecule has 0 radical (unpaired) electrons. The predicted octanol–water partition coefficient (Wildman–Crippen LogP) is 5.32. The summed E-state index contributed by atoms with van der Waals surface area (Å²) in [6.45, 7) is 1.98. The molecule has 0 bridgehead atoms. The Bertz CT molecular complexity index is 920. The van der Waals surface area contributed by atoms with Gasteiger partial charge in [-0.15, -0.1) is 10.2 Å². The van der Waals surface area contributed by atoms with E-state index < -0.39 is 0 Å². The van der Waals surface area contributed by atoms with E-state index in [9.17, 15) is 5.11 Å². The highest BCUT2D eigenvalue weighted by molar-refractivity contribution is 5.94. The number of anilines is 1. The van der Waals surface area contributed by atoms with Crippen molar-refractivity contribution in [2.24, 2.45) is 10.2 Å². The Morgan fingerprint density at radius 1 is 0.958 bits per heavy atom. The highest BCUT2D eigenvalue weighted by atomic mass is 16.5. The number of nitrogens with zero attached hydrogens (tertiary/aromatic N) is 2. The first kappa shape index (κ1) is 15.8. The first-order valence-electron chi connectivity index (χ1n) is 7.62. The fourth-order valence-corrected chi connectivity index (χ4v) is 2.52. The molecule has 3 aromatic carbocycles. The van der Waals surface area contributed by atoms with Gasteiger partial charge in [0.15, 0.2) is 5.75 Å². The minimum absolute atomic E-state index is 0.116. The Hall–Kier alpha value is -3.08. The van der Waals surface area contributed by atoms with Gasteiger partial charge >= 0.3 is 0 Å². The molecule has 0 amide bonds. The molecule has 122 valence electrons. The van der Waals surface area contributed by atoms with Crippen LogP contribution in [-0.2, 0) is 0 Å². The summed E-state index contributed by atoms with van der Waals surface area (Å²) in [4.78, 5) is 0. The van der Waals surface area contributed by atoms with E-state index in [-0.39, 0.29) is 5.75 Å². The maximum Gasteiger partial charge on any atom is 0.150 e. The molecule has 0 unspecified atom stereocenters. The van der Waals surface area contributed by atoms with Crippen LogP contribution in [0.5, 0.6) is 11.5 Å². The van der Waals surface area contributed by atoms with Gasteiger partial charge in [-0.25, -0.2) is 0 Å². The zero-order chi connectivity index (χ0) is 17.1. The van der Waals surface area contributed by atoms with Crippen LogP contribution >= 0.6 is 0 Å². The second kappa shape index (κ2) is 6.58. The lowest BCUT2D eigenvalue weighted by Gasteiger charge is -2.07. The average molecular weight is 321 g/mol. The highest BCUT2D eigenvalue weighted by Gasteiger charge is 2.07. The lowest BCUT2D eigenvalue weighted by Crippen LogP contribution is -1.87. The smallest absolute Gasteiger partial charge is 0.150 e. The number of phenolic OH excluding ortho intramolecular Hbond substituents is 1. The molecule has 3 rings (SSSR count).